The molecule has 2 rings (SSSR count). The smallest absolute Gasteiger partial charge is 0.255 e. The molecule has 5 heteroatoms. The summed E-state index contributed by atoms with van der Waals surface area (Å²) in [6.45, 7) is 7.51. The van der Waals surface area contributed by atoms with Gasteiger partial charge >= 0.3 is 0 Å². The summed E-state index contributed by atoms with van der Waals surface area (Å²) in [6.07, 6.45) is 2.33. The summed E-state index contributed by atoms with van der Waals surface area (Å²) in [5.74, 6) is -0.114. The number of rotatable bonds is 12. The zero-order chi connectivity index (χ0) is 20.2. The van der Waals surface area contributed by atoms with Crippen molar-refractivity contribution >= 4 is 17.3 Å². The Kier molecular flexibility index (Phi) is 9.52. The minimum Gasteiger partial charge on any atom is -0.379 e. The monoisotopic (exact) mass is 384 g/mol. The van der Waals surface area contributed by atoms with Gasteiger partial charge in [0.1, 0.15) is 0 Å². The Morgan fingerprint density at radius 2 is 1.79 bits per heavy atom. The number of carbonyl (C=O) groups is 1. The van der Waals surface area contributed by atoms with Crippen LogP contribution in [0.1, 0.15) is 42.6 Å². The summed E-state index contributed by atoms with van der Waals surface area (Å²) in [7, 11) is 2.08. The van der Waals surface area contributed by atoms with E-state index in [0.29, 0.717) is 32.0 Å². The molecule has 152 valence electrons. The first-order valence-electron chi connectivity index (χ1n) is 10.0. The van der Waals surface area contributed by atoms with Gasteiger partial charge in [0.15, 0.2) is 0 Å². The number of unbranched alkanes of at least 4 members (excludes halogenated alkanes) is 1. The summed E-state index contributed by atoms with van der Waals surface area (Å²) < 4.78 is 10.8. The Morgan fingerprint density at radius 1 is 1.04 bits per heavy atom. The molecule has 1 amide bonds. The molecule has 0 saturated heterocycles. The maximum Gasteiger partial charge on any atom is 0.255 e. The molecule has 0 bridgehead atoms. The highest BCUT2D eigenvalue weighted by atomic mass is 16.5. The third-order valence-electron chi connectivity index (χ3n) is 4.45. The molecular weight excluding hydrogens is 352 g/mol. The predicted octanol–water partition coefficient (Wildman–Crippen LogP) is 4.73. The molecule has 0 unspecified atom stereocenters. The molecule has 28 heavy (non-hydrogen) atoms. The van der Waals surface area contributed by atoms with Crippen LogP contribution >= 0.6 is 0 Å². The normalized spacial score (nSPS) is 10.7. The fraction of sp³-hybridized carbons (Fsp3) is 0.435. The predicted molar refractivity (Wildman–Crippen MR) is 115 cm³/mol. The molecule has 5 nitrogen and oxygen atoms in total. The molecule has 0 aliphatic heterocycles. The van der Waals surface area contributed by atoms with Gasteiger partial charge < -0.3 is 19.7 Å². The molecule has 0 radical (unpaired) electrons. The lowest BCUT2D eigenvalue weighted by Gasteiger charge is -2.19. The number of anilines is 2. The molecule has 0 heterocycles. The van der Waals surface area contributed by atoms with E-state index in [2.05, 4.69) is 24.2 Å². The molecule has 0 fully saturated rings. The standard InChI is InChI=1S/C23H32N2O3/c1-4-6-14-25(3)22-12-10-20(11-13-22)23(26)24-21-9-7-8-19(17-21)18-28-16-15-27-5-2/h7-13,17H,4-6,14-16,18H2,1-3H3,(H,24,26). The zero-order valence-corrected chi connectivity index (χ0v) is 17.2. The molecule has 0 aliphatic carbocycles. The highest BCUT2D eigenvalue weighted by Gasteiger charge is 2.08. The van der Waals surface area contributed by atoms with Crippen LogP contribution in [0.2, 0.25) is 0 Å². The van der Waals surface area contributed by atoms with Crippen molar-refractivity contribution in [2.75, 3.05) is 43.6 Å². The third kappa shape index (κ3) is 7.33. The van der Waals surface area contributed by atoms with Crippen LogP contribution in [-0.2, 0) is 16.1 Å². The van der Waals surface area contributed by atoms with Crippen LogP contribution in [0.25, 0.3) is 0 Å². The van der Waals surface area contributed by atoms with Crippen LogP contribution in [0.3, 0.4) is 0 Å². The fourth-order valence-electron chi connectivity index (χ4n) is 2.79. The van der Waals surface area contributed by atoms with Crippen molar-refractivity contribution in [3.8, 4) is 0 Å². The maximum absolute atomic E-state index is 12.5. The second-order valence-corrected chi connectivity index (χ2v) is 6.73. The molecular formula is C23H32N2O3. The molecule has 2 aromatic rings. The summed E-state index contributed by atoms with van der Waals surface area (Å²) in [5.41, 5.74) is 3.55. The van der Waals surface area contributed by atoms with Crippen molar-refractivity contribution in [1.82, 2.24) is 0 Å². The quantitative estimate of drug-likeness (QED) is 0.538. The summed E-state index contributed by atoms with van der Waals surface area (Å²) in [4.78, 5) is 14.7. The molecule has 2 aromatic carbocycles. The lowest BCUT2D eigenvalue weighted by atomic mass is 10.1. The van der Waals surface area contributed by atoms with Crippen LogP contribution < -0.4 is 10.2 Å². The van der Waals surface area contributed by atoms with Gasteiger partial charge in [0.2, 0.25) is 0 Å². The van der Waals surface area contributed by atoms with E-state index < -0.39 is 0 Å². The van der Waals surface area contributed by atoms with Gasteiger partial charge in [-0.1, -0.05) is 25.5 Å². The fourth-order valence-corrected chi connectivity index (χ4v) is 2.79. The van der Waals surface area contributed by atoms with E-state index in [1.807, 2.05) is 55.5 Å². The average molecular weight is 385 g/mol. The summed E-state index contributed by atoms with van der Waals surface area (Å²) in [5, 5.41) is 2.96. The summed E-state index contributed by atoms with van der Waals surface area (Å²) in [6, 6.07) is 15.4. The van der Waals surface area contributed by atoms with Crippen molar-refractivity contribution in [2.24, 2.45) is 0 Å². The van der Waals surface area contributed by atoms with Gasteiger partial charge in [-0.25, -0.2) is 0 Å². The zero-order valence-electron chi connectivity index (χ0n) is 17.2. The number of hydrogen-bond acceptors (Lipinski definition) is 4. The van der Waals surface area contributed by atoms with Crippen LogP contribution in [0.15, 0.2) is 48.5 Å². The van der Waals surface area contributed by atoms with Crippen molar-refractivity contribution in [3.63, 3.8) is 0 Å². The largest absolute Gasteiger partial charge is 0.379 e. The average Bonchev–Trinajstić information content (AvgIpc) is 2.72. The van der Waals surface area contributed by atoms with Gasteiger partial charge in [0, 0.05) is 37.1 Å². The minimum absolute atomic E-state index is 0.114. The molecule has 0 aliphatic rings. The van der Waals surface area contributed by atoms with Crippen LogP contribution in [0.4, 0.5) is 11.4 Å². The minimum atomic E-state index is -0.114. The number of ether oxygens (including phenoxy) is 2. The van der Waals surface area contributed by atoms with Crippen molar-refractivity contribution in [2.45, 2.75) is 33.3 Å². The lowest BCUT2D eigenvalue weighted by molar-refractivity contribution is 0.0453. The van der Waals surface area contributed by atoms with Crippen LogP contribution in [0, 0.1) is 0 Å². The van der Waals surface area contributed by atoms with E-state index >= 15 is 0 Å². The number of carbonyl (C=O) groups excluding carboxylic acids is 1. The van der Waals surface area contributed by atoms with E-state index in [1.54, 1.807) is 0 Å². The first-order valence-corrected chi connectivity index (χ1v) is 10.0. The van der Waals surface area contributed by atoms with Gasteiger partial charge in [-0.2, -0.15) is 0 Å². The highest BCUT2D eigenvalue weighted by Crippen LogP contribution is 2.17. The van der Waals surface area contributed by atoms with Crippen LogP contribution in [0.5, 0.6) is 0 Å². The Bertz CT molecular complexity index is 716. The number of nitrogens with zero attached hydrogens (tertiary/aromatic N) is 1. The van der Waals surface area contributed by atoms with Gasteiger partial charge in [-0.3, -0.25) is 4.79 Å². The van der Waals surface area contributed by atoms with E-state index in [0.717, 1.165) is 29.9 Å². The number of benzene rings is 2. The lowest BCUT2D eigenvalue weighted by Crippen LogP contribution is -2.18. The Morgan fingerprint density at radius 3 is 2.50 bits per heavy atom. The Labute approximate surface area is 168 Å². The molecule has 0 aromatic heterocycles. The van der Waals surface area contributed by atoms with Crippen molar-refractivity contribution in [3.05, 3.63) is 59.7 Å². The van der Waals surface area contributed by atoms with E-state index in [4.69, 9.17) is 9.47 Å². The molecule has 0 saturated carbocycles. The van der Waals surface area contributed by atoms with E-state index in [9.17, 15) is 4.79 Å². The molecule has 0 spiro atoms. The van der Waals surface area contributed by atoms with Crippen molar-refractivity contribution in [1.29, 1.82) is 0 Å². The maximum atomic E-state index is 12.5. The number of hydrogen-bond donors (Lipinski definition) is 1. The van der Waals surface area contributed by atoms with Gasteiger partial charge in [0.25, 0.3) is 5.91 Å². The Balaban J connectivity index is 1.89. The topological polar surface area (TPSA) is 50.8 Å². The van der Waals surface area contributed by atoms with Crippen LogP contribution in [-0.4, -0.2) is 39.3 Å². The highest BCUT2D eigenvalue weighted by molar-refractivity contribution is 6.04. The number of nitrogens with one attached hydrogen (secondary N) is 1. The third-order valence-corrected chi connectivity index (χ3v) is 4.45. The number of amides is 1. The van der Waals surface area contributed by atoms with E-state index in [1.165, 1.54) is 6.42 Å². The van der Waals surface area contributed by atoms with E-state index in [-0.39, 0.29) is 5.91 Å². The molecule has 1 N–H and O–H groups in total. The SMILES string of the molecule is CCCCN(C)c1ccc(C(=O)Nc2cccc(COCCOCC)c2)cc1. The van der Waals surface area contributed by atoms with Crippen molar-refractivity contribution < 1.29 is 14.3 Å². The first kappa shape index (κ1) is 21.9. The van der Waals surface area contributed by atoms with Gasteiger partial charge in [-0.05, 0) is 55.3 Å². The molecule has 0 atom stereocenters. The van der Waals surface area contributed by atoms with Gasteiger partial charge in [-0.15, -0.1) is 0 Å². The second kappa shape index (κ2) is 12.2. The Hall–Kier alpha value is -2.37. The first-order chi connectivity index (χ1) is 13.6. The summed E-state index contributed by atoms with van der Waals surface area (Å²) >= 11 is 0. The van der Waals surface area contributed by atoms with Gasteiger partial charge in [0.05, 0.1) is 19.8 Å². The second-order valence-electron chi connectivity index (χ2n) is 6.73.